The summed E-state index contributed by atoms with van der Waals surface area (Å²) in [6.45, 7) is 4.02. The molecule has 0 bridgehead atoms. The van der Waals surface area contributed by atoms with Gasteiger partial charge in [-0.25, -0.2) is 0 Å². The van der Waals surface area contributed by atoms with Crippen LogP contribution in [0.3, 0.4) is 0 Å². The van der Waals surface area contributed by atoms with E-state index in [0.717, 1.165) is 20.3 Å². The molecule has 17 heavy (non-hydrogen) atoms. The van der Waals surface area contributed by atoms with E-state index in [0.29, 0.717) is 0 Å². The number of hydrogen-bond donors (Lipinski definition) is 0. The van der Waals surface area contributed by atoms with Gasteiger partial charge in [-0.2, -0.15) is 0 Å². The second-order valence-corrected chi connectivity index (χ2v) is 5.29. The van der Waals surface area contributed by atoms with Crippen LogP contribution in [0, 0.1) is 17.4 Å². The highest BCUT2D eigenvalue weighted by Crippen LogP contribution is 2.19. The lowest BCUT2D eigenvalue weighted by Crippen LogP contribution is -2.05. The molecule has 0 N–H and O–H groups in total. The van der Waals surface area contributed by atoms with Gasteiger partial charge in [0, 0.05) is 14.7 Å². The molecule has 86 valence electrons. The molecule has 0 atom stereocenters. The van der Waals surface area contributed by atoms with Crippen molar-refractivity contribution in [1.82, 2.24) is 0 Å². The average molecular weight is 336 g/mol. The van der Waals surface area contributed by atoms with Gasteiger partial charge in [-0.3, -0.25) is 4.79 Å². The van der Waals surface area contributed by atoms with Crippen molar-refractivity contribution in [3.8, 4) is 0 Å². The molecule has 0 unspecified atom stereocenters. The second kappa shape index (κ2) is 5.00. The Hall–Kier alpha value is -1.16. The smallest absolute Gasteiger partial charge is 0.194 e. The van der Waals surface area contributed by atoms with Gasteiger partial charge in [0.2, 0.25) is 0 Å². The van der Waals surface area contributed by atoms with E-state index in [1.54, 1.807) is 0 Å². The Labute approximate surface area is 115 Å². The van der Waals surface area contributed by atoms with Gasteiger partial charge in [0.25, 0.3) is 0 Å². The van der Waals surface area contributed by atoms with Gasteiger partial charge in [-0.05, 0) is 54.1 Å². The highest BCUT2D eigenvalue weighted by atomic mass is 127. The molecule has 2 aromatic rings. The number of rotatable bonds is 2. The van der Waals surface area contributed by atoms with Crippen molar-refractivity contribution in [2.75, 3.05) is 0 Å². The highest BCUT2D eigenvalue weighted by molar-refractivity contribution is 14.1. The fourth-order valence-electron chi connectivity index (χ4n) is 1.86. The molecule has 2 aromatic carbocycles. The van der Waals surface area contributed by atoms with Crippen LogP contribution in [0.4, 0.5) is 0 Å². The topological polar surface area (TPSA) is 17.1 Å². The Morgan fingerprint density at radius 3 is 2.35 bits per heavy atom. The Bertz CT molecular complexity index is 573. The van der Waals surface area contributed by atoms with Crippen LogP contribution in [0.2, 0.25) is 0 Å². The monoisotopic (exact) mass is 336 g/mol. The first kappa shape index (κ1) is 12.3. The fourth-order valence-corrected chi connectivity index (χ4v) is 2.49. The maximum Gasteiger partial charge on any atom is 0.194 e. The molecule has 0 saturated carbocycles. The summed E-state index contributed by atoms with van der Waals surface area (Å²) >= 11 is 2.20. The maximum atomic E-state index is 12.4. The van der Waals surface area contributed by atoms with Crippen molar-refractivity contribution in [1.29, 1.82) is 0 Å². The van der Waals surface area contributed by atoms with E-state index >= 15 is 0 Å². The lowest BCUT2D eigenvalue weighted by atomic mass is 9.98. The summed E-state index contributed by atoms with van der Waals surface area (Å²) in [5.41, 5.74) is 3.79. The third-order valence-electron chi connectivity index (χ3n) is 2.75. The van der Waals surface area contributed by atoms with E-state index in [2.05, 4.69) is 22.6 Å². The first-order valence-corrected chi connectivity index (χ1v) is 6.54. The summed E-state index contributed by atoms with van der Waals surface area (Å²) in [5, 5.41) is 0. The zero-order valence-electron chi connectivity index (χ0n) is 9.83. The Morgan fingerprint density at radius 2 is 1.71 bits per heavy atom. The Morgan fingerprint density at radius 1 is 1.00 bits per heavy atom. The summed E-state index contributed by atoms with van der Waals surface area (Å²) in [4.78, 5) is 12.4. The first-order valence-electron chi connectivity index (χ1n) is 5.46. The van der Waals surface area contributed by atoms with Crippen molar-refractivity contribution in [2.45, 2.75) is 13.8 Å². The standard InChI is InChI=1S/C15H13IO/c1-10-7-8-12(11(2)9-10)15(17)13-5-3-4-6-14(13)16/h3-9H,1-2H3. The van der Waals surface area contributed by atoms with Gasteiger partial charge < -0.3 is 0 Å². The number of carbonyl (C=O) groups excluding carboxylic acids is 1. The van der Waals surface area contributed by atoms with Crippen LogP contribution in [-0.4, -0.2) is 5.78 Å². The van der Waals surface area contributed by atoms with Crippen LogP contribution in [0.25, 0.3) is 0 Å². The van der Waals surface area contributed by atoms with E-state index in [-0.39, 0.29) is 5.78 Å². The predicted octanol–water partition coefficient (Wildman–Crippen LogP) is 4.14. The minimum atomic E-state index is 0.104. The summed E-state index contributed by atoms with van der Waals surface area (Å²) in [6, 6.07) is 13.6. The minimum absolute atomic E-state index is 0.104. The molecule has 0 fully saturated rings. The normalized spacial score (nSPS) is 10.3. The average Bonchev–Trinajstić information content (AvgIpc) is 2.29. The largest absolute Gasteiger partial charge is 0.289 e. The number of aryl methyl sites for hydroxylation is 2. The van der Waals surface area contributed by atoms with Crippen molar-refractivity contribution in [2.24, 2.45) is 0 Å². The summed E-state index contributed by atoms with van der Waals surface area (Å²) in [5.74, 6) is 0.104. The van der Waals surface area contributed by atoms with Gasteiger partial charge in [0.05, 0.1) is 0 Å². The molecule has 0 heterocycles. The molecule has 2 heteroatoms. The van der Waals surface area contributed by atoms with Crippen LogP contribution < -0.4 is 0 Å². The number of halogens is 1. The summed E-state index contributed by atoms with van der Waals surface area (Å²) in [6.07, 6.45) is 0. The Kier molecular flexibility index (Phi) is 3.62. The lowest BCUT2D eigenvalue weighted by Gasteiger charge is -2.07. The van der Waals surface area contributed by atoms with Crippen LogP contribution in [-0.2, 0) is 0 Å². The van der Waals surface area contributed by atoms with E-state index in [1.165, 1.54) is 5.56 Å². The summed E-state index contributed by atoms with van der Waals surface area (Å²) in [7, 11) is 0. The van der Waals surface area contributed by atoms with Crippen molar-refractivity contribution >= 4 is 28.4 Å². The van der Waals surface area contributed by atoms with Gasteiger partial charge in [0.1, 0.15) is 0 Å². The lowest BCUT2D eigenvalue weighted by molar-refractivity contribution is 0.103. The van der Waals surface area contributed by atoms with E-state index in [9.17, 15) is 4.79 Å². The SMILES string of the molecule is Cc1ccc(C(=O)c2ccccc2I)c(C)c1. The molecule has 2 rings (SSSR count). The Balaban J connectivity index is 2.48. The van der Waals surface area contributed by atoms with Crippen LogP contribution in [0.1, 0.15) is 27.0 Å². The molecule has 0 aromatic heterocycles. The van der Waals surface area contributed by atoms with Crippen molar-refractivity contribution in [3.63, 3.8) is 0 Å². The van der Waals surface area contributed by atoms with Gasteiger partial charge in [0.15, 0.2) is 5.78 Å². The zero-order chi connectivity index (χ0) is 12.4. The number of hydrogen-bond acceptors (Lipinski definition) is 1. The molecule has 0 amide bonds. The molecule has 0 aliphatic heterocycles. The third-order valence-corrected chi connectivity index (χ3v) is 3.69. The van der Waals surface area contributed by atoms with E-state index in [1.807, 2.05) is 56.3 Å². The van der Waals surface area contributed by atoms with Crippen molar-refractivity contribution < 1.29 is 4.79 Å². The molecule has 0 aliphatic carbocycles. The van der Waals surface area contributed by atoms with Gasteiger partial charge >= 0.3 is 0 Å². The first-order chi connectivity index (χ1) is 8.09. The summed E-state index contributed by atoms with van der Waals surface area (Å²) < 4.78 is 0.995. The molecular weight excluding hydrogens is 323 g/mol. The number of benzene rings is 2. The van der Waals surface area contributed by atoms with Crippen LogP contribution in [0.5, 0.6) is 0 Å². The van der Waals surface area contributed by atoms with E-state index in [4.69, 9.17) is 0 Å². The fraction of sp³-hybridized carbons (Fsp3) is 0.133. The molecular formula is C15H13IO. The predicted molar refractivity (Wildman–Crippen MR) is 78.5 cm³/mol. The molecule has 0 spiro atoms. The molecule has 1 nitrogen and oxygen atoms in total. The molecule has 0 saturated heterocycles. The number of ketones is 1. The number of carbonyl (C=O) groups is 1. The van der Waals surface area contributed by atoms with Crippen molar-refractivity contribution in [3.05, 3.63) is 68.3 Å². The van der Waals surface area contributed by atoms with Crippen LogP contribution >= 0.6 is 22.6 Å². The van der Waals surface area contributed by atoms with Gasteiger partial charge in [-0.1, -0.05) is 35.9 Å². The third kappa shape index (κ3) is 2.57. The van der Waals surface area contributed by atoms with E-state index < -0.39 is 0 Å². The van der Waals surface area contributed by atoms with Crippen LogP contribution in [0.15, 0.2) is 42.5 Å². The minimum Gasteiger partial charge on any atom is -0.289 e. The second-order valence-electron chi connectivity index (χ2n) is 4.13. The zero-order valence-corrected chi connectivity index (χ0v) is 12.0. The molecule has 0 radical (unpaired) electrons. The highest BCUT2D eigenvalue weighted by Gasteiger charge is 2.13. The van der Waals surface area contributed by atoms with Gasteiger partial charge in [-0.15, -0.1) is 0 Å². The molecule has 0 aliphatic rings. The maximum absolute atomic E-state index is 12.4. The quantitative estimate of drug-likeness (QED) is 0.595.